The summed E-state index contributed by atoms with van der Waals surface area (Å²) in [6, 6.07) is 2.85. The van der Waals surface area contributed by atoms with Crippen LogP contribution in [0.5, 0.6) is 0 Å². The minimum Gasteiger partial charge on any atom is -0.452 e. The van der Waals surface area contributed by atoms with Crippen LogP contribution in [0.1, 0.15) is 16.1 Å². The summed E-state index contributed by atoms with van der Waals surface area (Å²) in [6.07, 6.45) is 0. The topological polar surface area (TPSA) is 73.2 Å². The Morgan fingerprint density at radius 2 is 1.79 bits per heavy atom. The second kappa shape index (κ2) is 7.61. The standard InChI is InChI=1S/C14H11Cl4N3O3/c1-6-11(13(18)21(2)20-6)14(23)24-5-10(22)19-12-8(16)3-7(15)4-9(12)17/h3-4H,5H2,1-2H3,(H,19,22). The lowest BCUT2D eigenvalue weighted by Gasteiger charge is -2.10. The summed E-state index contributed by atoms with van der Waals surface area (Å²) in [7, 11) is 1.59. The van der Waals surface area contributed by atoms with Gasteiger partial charge in [0.1, 0.15) is 10.7 Å². The van der Waals surface area contributed by atoms with E-state index in [2.05, 4.69) is 10.4 Å². The van der Waals surface area contributed by atoms with Crippen molar-refractivity contribution in [3.63, 3.8) is 0 Å². The van der Waals surface area contributed by atoms with Gasteiger partial charge in [-0.3, -0.25) is 9.48 Å². The molecule has 128 valence electrons. The number of rotatable bonds is 4. The summed E-state index contributed by atoms with van der Waals surface area (Å²) in [5.74, 6) is -1.37. The van der Waals surface area contributed by atoms with Crippen molar-refractivity contribution in [3.8, 4) is 0 Å². The molecule has 10 heteroatoms. The molecule has 0 aliphatic carbocycles. The lowest BCUT2D eigenvalue weighted by molar-refractivity contribution is -0.119. The molecule has 2 rings (SSSR count). The smallest absolute Gasteiger partial charge is 0.343 e. The van der Waals surface area contributed by atoms with Crippen molar-refractivity contribution < 1.29 is 14.3 Å². The van der Waals surface area contributed by atoms with E-state index >= 15 is 0 Å². The van der Waals surface area contributed by atoms with Crippen LogP contribution in [0, 0.1) is 6.92 Å². The fourth-order valence-corrected chi connectivity index (χ4v) is 3.07. The fourth-order valence-electron chi connectivity index (χ4n) is 1.90. The highest BCUT2D eigenvalue weighted by atomic mass is 35.5. The molecule has 0 aliphatic rings. The molecule has 6 nitrogen and oxygen atoms in total. The largest absolute Gasteiger partial charge is 0.452 e. The van der Waals surface area contributed by atoms with Gasteiger partial charge in [-0.15, -0.1) is 0 Å². The molecule has 0 bridgehead atoms. The first-order chi connectivity index (χ1) is 11.2. The number of carbonyl (C=O) groups is 2. The van der Waals surface area contributed by atoms with Crippen LogP contribution in [0.25, 0.3) is 0 Å². The van der Waals surface area contributed by atoms with Crippen LogP contribution < -0.4 is 5.32 Å². The van der Waals surface area contributed by atoms with E-state index in [1.165, 1.54) is 16.8 Å². The van der Waals surface area contributed by atoms with Crippen LogP contribution >= 0.6 is 46.4 Å². The van der Waals surface area contributed by atoms with Crippen LogP contribution in [-0.2, 0) is 16.6 Å². The van der Waals surface area contributed by atoms with Crippen molar-refractivity contribution in [1.82, 2.24) is 9.78 Å². The summed E-state index contributed by atoms with van der Waals surface area (Å²) < 4.78 is 6.27. The van der Waals surface area contributed by atoms with Crippen molar-refractivity contribution >= 4 is 64.0 Å². The fraction of sp³-hybridized carbons (Fsp3) is 0.214. The van der Waals surface area contributed by atoms with Gasteiger partial charge in [-0.2, -0.15) is 5.10 Å². The Bertz CT molecular complexity index is 797. The zero-order valence-corrected chi connectivity index (χ0v) is 15.5. The molecule has 1 aromatic carbocycles. The molecule has 0 saturated carbocycles. The Morgan fingerprint density at radius 3 is 2.29 bits per heavy atom. The van der Waals surface area contributed by atoms with Gasteiger partial charge >= 0.3 is 5.97 Å². The molecular weight excluding hydrogens is 400 g/mol. The number of hydrogen-bond donors (Lipinski definition) is 1. The van der Waals surface area contributed by atoms with Gasteiger partial charge in [0, 0.05) is 12.1 Å². The minimum atomic E-state index is -0.756. The zero-order chi connectivity index (χ0) is 18.0. The average Bonchev–Trinajstić information content (AvgIpc) is 2.73. The Balaban J connectivity index is 2.03. The molecule has 0 unspecified atom stereocenters. The van der Waals surface area contributed by atoms with E-state index < -0.39 is 18.5 Å². The van der Waals surface area contributed by atoms with E-state index in [4.69, 9.17) is 51.1 Å². The van der Waals surface area contributed by atoms with Crippen molar-refractivity contribution in [1.29, 1.82) is 0 Å². The lowest BCUT2D eigenvalue weighted by Crippen LogP contribution is -2.21. The van der Waals surface area contributed by atoms with Gasteiger partial charge in [0.25, 0.3) is 5.91 Å². The van der Waals surface area contributed by atoms with Crippen molar-refractivity contribution in [2.45, 2.75) is 6.92 Å². The second-order valence-corrected chi connectivity index (χ2v) is 6.35. The monoisotopic (exact) mass is 409 g/mol. The van der Waals surface area contributed by atoms with Crippen LogP contribution in [0.4, 0.5) is 5.69 Å². The summed E-state index contributed by atoms with van der Waals surface area (Å²) in [5.41, 5.74) is 0.686. The molecule has 2 aromatic rings. The molecule has 1 aromatic heterocycles. The Kier molecular flexibility index (Phi) is 5.98. The molecule has 0 spiro atoms. The second-order valence-electron chi connectivity index (χ2n) is 4.74. The maximum absolute atomic E-state index is 12.0. The lowest BCUT2D eigenvalue weighted by atomic mass is 10.3. The summed E-state index contributed by atoms with van der Waals surface area (Å²) in [5, 5.41) is 7.23. The Labute approximate surface area is 157 Å². The number of hydrogen-bond acceptors (Lipinski definition) is 4. The molecule has 0 fully saturated rings. The van der Waals surface area contributed by atoms with Crippen LogP contribution in [0.3, 0.4) is 0 Å². The number of halogens is 4. The van der Waals surface area contributed by atoms with Gasteiger partial charge in [-0.05, 0) is 19.1 Å². The van der Waals surface area contributed by atoms with Gasteiger partial charge in [-0.1, -0.05) is 46.4 Å². The number of ether oxygens (including phenoxy) is 1. The number of nitrogens with one attached hydrogen (secondary N) is 1. The van der Waals surface area contributed by atoms with Gasteiger partial charge in [-0.25, -0.2) is 4.79 Å². The highest BCUT2D eigenvalue weighted by Gasteiger charge is 2.21. The van der Waals surface area contributed by atoms with E-state index in [0.29, 0.717) is 10.7 Å². The first-order valence-electron chi connectivity index (χ1n) is 6.51. The normalized spacial score (nSPS) is 10.6. The molecular formula is C14H11Cl4N3O3. The minimum absolute atomic E-state index is 0.106. The third kappa shape index (κ3) is 4.13. The van der Waals surface area contributed by atoms with E-state index in [1.54, 1.807) is 14.0 Å². The third-order valence-electron chi connectivity index (χ3n) is 2.96. The first-order valence-corrected chi connectivity index (χ1v) is 8.02. The van der Waals surface area contributed by atoms with Gasteiger partial charge in [0.05, 0.1) is 21.4 Å². The Hall–Kier alpha value is -1.47. The number of esters is 1. The average molecular weight is 411 g/mol. The molecule has 1 N–H and O–H groups in total. The van der Waals surface area contributed by atoms with Crippen molar-refractivity contribution in [2.24, 2.45) is 7.05 Å². The molecule has 0 aliphatic heterocycles. The number of benzene rings is 1. The van der Waals surface area contributed by atoms with Crippen LogP contribution in [-0.4, -0.2) is 28.3 Å². The quantitative estimate of drug-likeness (QED) is 0.768. The predicted octanol–water partition coefficient (Wildman–Crippen LogP) is 4.14. The molecule has 24 heavy (non-hydrogen) atoms. The molecule has 1 heterocycles. The Morgan fingerprint density at radius 1 is 1.21 bits per heavy atom. The van der Waals surface area contributed by atoms with Crippen LogP contribution in [0.2, 0.25) is 20.2 Å². The van der Waals surface area contributed by atoms with E-state index in [0.717, 1.165) is 0 Å². The first kappa shape index (κ1) is 18.9. The SMILES string of the molecule is Cc1nn(C)c(Cl)c1C(=O)OCC(=O)Nc1c(Cl)cc(Cl)cc1Cl. The van der Waals surface area contributed by atoms with E-state index in [-0.39, 0.29) is 26.4 Å². The van der Waals surface area contributed by atoms with Crippen LogP contribution in [0.15, 0.2) is 12.1 Å². The van der Waals surface area contributed by atoms with Gasteiger partial charge in [0.15, 0.2) is 6.61 Å². The predicted molar refractivity (Wildman–Crippen MR) is 93.3 cm³/mol. The number of nitrogens with zero attached hydrogens (tertiary/aromatic N) is 2. The molecule has 0 radical (unpaired) electrons. The summed E-state index contributed by atoms with van der Waals surface area (Å²) in [6.45, 7) is 1.06. The molecule has 0 atom stereocenters. The zero-order valence-electron chi connectivity index (χ0n) is 12.5. The highest BCUT2D eigenvalue weighted by molar-refractivity contribution is 6.42. The number of aromatic nitrogens is 2. The summed E-state index contributed by atoms with van der Waals surface area (Å²) in [4.78, 5) is 23.9. The number of carbonyl (C=O) groups excluding carboxylic acids is 2. The molecule has 0 saturated heterocycles. The highest BCUT2D eigenvalue weighted by Crippen LogP contribution is 2.33. The van der Waals surface area contributed by atoms with Crippen molar-refractivity contribution in [2.75, 3.05) is 11.9 Å². The van der Waals surface area contributed by atoms with Gasteiger partial charge < -0.3 is 10.1 Å². The van der Waals surface area contributed by atoms with Gasteiger partial charge in [0.2, 0.25) is 0 Å². The molecule has 1 amide bonds. The number of amides is 1. The maximum atomic E-state index is 12.0. The number of aryl methyl sites for hydroxylation is 2. The third-order valence-corrected chi connectivity index (χ3v) is 4.21. The van der Waals surface area contributed by atoms with E-state index in [9.17, 15) is 9.59 Å². The number of anilines is 1. The van der Waals surface area contributed by atoms with Crippen molar-refractivity contribution in [3.05, 3.63) is 43.6 Å². The van der Waals surface area contributed by atoms with E-state index in [1.807, 2.05) is 0 Å². The maximum Gasteiger partial charge on any atom is 0.343 e. The summed E-state index contributed by atoms with van der Waals surface area (Å²) >= 11 is 23.7.